The Bertz CT molecular complexity index is 608. The van der Waals surface area contributed by atoms with Crippen LogP contribution >= 0.6 is 34.2 Å². The lowest BCUT2D eigenvalue weighted by molar-refractivity contribution is 0.0700. The first kappa shape index (κ1) is 16.5. The summed E-state index contributed by atoms with van der Waals surface area (Å²) >= 11 is 7.69. The molecule has 0 heterocycles. The zero-order chi connectivity index (χ0) is 14.8. The van der Waals surface area contributed by atoms with Gasteiger partial charge in [-0.3, -0.25) is 9.35 Å². The van der Waals surface area contributed by atoms with Gasteiger partial charge in [-0.15, -0.1) is 0 Å². The molecule has 0 spiro atoms. The summed E-state index contributed by atoms with van der Waals surface area (Å²) in [5, 5.41) is -2.73. The third-order valence-corrected chi connectivity index (χ3v) is 3.89. The second-order valence-electron chi connectivity index (χ2n) is 3.42. The topological polar surface area (TPSA) is 83.5 Å². The van der Waals surface area contributed by atoms with Crippen LogP contribution in [0.25, 0.3) is 0 Å². The second kappa shape index (κ2) is 5.85. The average molecular weight is 426 g/mol. The van der Waals surface area contributed by atoms with E-state index < -0.39 is 27.8 Å². The van der Waals surface area contributed by atoms with Crippen LogP contribution in [0, 0.1) is 3.57 Å². The van der Waals surface area contributed by atoms with Crippen LogP contribution in [0.5, 0.6) is 0 Å². The van der Waals surface area contributed by atoms with Crippen molar-refractivity contribution in [2.45, 2.75) is 5.25 Å². The first-order valence-electron chi connectivity index (χ1n) is 4.63. The van der Waals surface area contributed by atoms with Gasteiger partial charge < -0.3 is 5.32 Å². The molecule has 0 aromatic heterocycles. The van der Waals surface area contributed by atoms with E-state index in [2.05, 4.69) is 0 Å². The molecule has 2 N–H and O–H groups in total. The van der Waals surface area contributed by atoms with Gasteiger partial charge in [0.1, 0.15) is 0 Å². The first-order valence-corrected chi connectivity index (χ1v) is 7.52. The number of alkyl halides is 2. The molecular formula is C9H7ClF2INO4S. The number of halogens is 4. The summed E-state index contributed by atoms with van der Waals surface area (Å²) < 4.78 is 55.5. The highest BCUT2D eigenvalue weighted by Gasteiger charge is 2.44. The van der Waals surface area contributed by atoms with Gasteiger partial charge in [0.05, 0.1) is 17.1 Å². The monoisotopic (exact) mass is 425 g/mol. The molecule has 0 unspecified atom stereocenters. The average Bonchev–Trinajstić information content (AvgIpc) is 2.24. The normalized spacial score (nSPS) is 12.3. The molecule has 0 aliphatic carbocycles. The Morgan fingerprint density at radius 1 is 1.47 bits per heavy atom. The van der Waals surface area contributed by atoms with Crippen molar-refractivity contribution in [3.05, 3.63) is 32.4 Å². The fourth-order valence-electron chi connectivity index (χ4n) is 1.04. The molecule has 10 heteroatoms. The molecule has 1 amide bonds. The van der Waals surface area contributed by atoms with Crippen molar-refractivity contribution in [3.8, 4) is 0 Å². The van der Waals surface area contributed by atoms with E-state index in [-0.39, 0.29) is 10.6 Å². The Balaban J connectivity index is 2.82. The van der Waals surface area contributed by atoms with Crippen LogP contribution in [0.2, 0.25) is 5.02 Å². The van der Waals surface area contributed by atoms with Crippen LogP contribution in [-0.4, -0.2) is 30.7 Å². The fourth-order valence-corrected chi connectivity index (χ4v) is 2.24. The van der Waals surface area contributed by atoms with Gasteiger partial charge in [-0.25, -0.2) is 0 Å². The zero-order valence-electron chi connectivity index (χ0n) is 9.03. The van der Waals surface area contributed by atoms with Gasteiger partial charge in [-0.2, -0.15) is 17.2 Å². The van der Waals surface area contributed by atoms with E-state index >= 15 is 0 Å². The number of amides is 1. The summed E-state index contributed by atoms with van der Waals surface area (Å²) in [6.45, 7) is -1.55. The molecule has 1 rings (SSSR count). The standard InChI is InChI=1S/C9H7ClF2INO4S/c10-7-3-5(13)1-2-6(7)8(15)14-4-9(11,12)19(16,17)18/h1-3H,4H2,(H,14,15)(H,16,17,18). The SMILES string of the molecule is O=C(NCC(F)(F)S(=O)(=O)O)c1ccc(I)cc1Cl. The van der Waals surface area contributed by atoms with Crippen molar-refractivity contribution in [1.29, 1.82) is 0 Å². The van der Waals surface area contributed by atoms with Crippen LogP contribution in [0.4, 0.5) is 8.78 Å². The second-order valence-corrected chi connectivity index (χ2v) is 6.62. The van der Waals surface area contributed by atoms with E-state index in [1.807, 2.05) is 22.6 Å². The summed E-state index contributed by atoms with van der Waals surface area (Å²) in [4.78, 5) is 11.5. The Kier molecular flexibility index (Phi) is 5.09. The Labute approximate surface area is 126 Å². The highest BCUT2D eigenvalue weighted by molar-refractivity contribution is 14.1. The molecule has 0 saturated carbocycles. The summed E-state index contributed by atoms with van der Waals surface area (Å²) in [5.74, 6) is -0.968. The van der Waals surface area contributed by atoms with Gasteiger partial charge in [-0.05, 0) is 40.8 Å². The molecule has 0 aliphatic heterocycles. The summed E-state index contributed by atoms with van der Waals surface area (Å²) in [7, 11) is -5.58. The third kappa shape index (κ3) is 4.23. The van der Waals surface area contributed by atoms with E-state index in [9.17, 15) is 22.0 Å². The van der Waals surface area contributed by atoms with Crippen LogP contribution in [-0.2, 0) is 10.1 Å². The van der Waals surface area contributed by atoms with Crippen molar-refractivity contribution < 1.29 is 26.5 Å². The maximum absolute atomic E-state index is 12.9. The van der Waals surface area contributed by atoms with E-state index in [0.29, 0.717) is 0 Å². The van der Waals surface area contributed by atoms with E-state index in [0.717, 1.165) is 3.57 Å². The van der Waals surface area contributed by atoms with Gasteiger partial charge in [0, 0.05) is 3.57 Å². The maximum Gasteiger partial charge on any atom is 0.386 e. The molecule has 0 fully saturated rings. The Morgan fingerprint density at radius 2 is 2.05 bits per heavy atom. The molecule has 1 aromatic rings. The quantitative estimate of drug-likeness (QED) is 0.572. The Morgan fingerprint density at radius 3 is 2.53 bits per heavy atom. The van der Waals surface area contributed by atoms with Crippen molar-refractivity contribution in [3.63, 3.8) is 0 Å². The van der Waals surface area contributed by atoms with Crippen LogP contribution < -0.4 is 5.32 Å². The van der Waals surface area contributed by atoms with Gasteiger partial charge in [0.15, 0.2) is 0 Å². The molecule has 19 heavy (non-hydrogen) atoms. The number of hydrogen-bond donors (Lipinski definition) is 2. The predicted octanol–water partition coefficient (Wildman–Crippen LogP) is 2.16. The Hall–Kier alpha value is -0.520. The van der Waals surface area contributed by atoms with Crippen molar-refractivity contribution in [2.75, 3.05) is 6.54 Å². The lowest BCUT2D eigenvalue weighted by Gasteiger charge is -2.14. The first-order chi connectivity index (χ1) is 8.54. The minimum Gasteiger partial charge on any atom is -0.345 e. The molecule has 0 bridgehead atoms. The van der Waals surface area contributed by atoms with Crippen molar-refractivity contribution in [1.82, 2.24) is 5.32 Å². The zero-order valence-corrected chi connectivity index (χ0v) is 12.8. The van der Waals surface area contributed by atoms with E-state index in [4.69, 9.17) is 16.2 Å². The fraction of sp³-hybridized carbons (Fsp3) is 0.222. The number of hydrogen-bond acceptors (Lipinski definition) is 3. The minimum absolute atomic E-state index is 0.0413. The number of nitrogens with one attached hydrogen (secondary N) is 1. The molecule has 5 nitrogen and oxygen atoms in total. The largest absolute Gasteiger partial charge is 0.386 e. The van der Waals surface area contributed by atoms with Gasteiger partial charge >= 0.3 is 15.4 Å². The summed E-state index contributed by atoms with van der Waals surface area (Å²) in [5.41, 5.74) is -0.0757. The number of benzene rings is 1. The van der Waals surface area contributed by atoms with Gasteiger partial charge in [0.25, 0.3) is 5.91 Å². The maximum atomic E-state index is 12.9. The van der Waals surface area contributed by atoms with Crippen molar-refractivity contribution >= 4 is 50.2 Å². The highest BCUT2D eigenvalue weighted by atomic mass is 127. The van der Waals surface area contributed by atoms with E-state index in [1.165, 1.54) is 18.2 Å². The highest BCUT2D eigenvalue weighted by Crippen LogP contribution is 2.21. The van der Waals surface area contributed by atoms with Gasteiger partial charge in [0.2, 0.25) is 0 Å². The van der Waals surface area contributed by atoms with Crippen LogP contribution in [0.3, 0.4) is 0 Å². The van der Waals surface area contributed by atoms with Crippen LogP contribution in [0.15, 0.2) is 18.2 Å². The minimum atomic E-state index is -5.58. The smallest absolute Gasteiger partial charge is 0.345 e. The molecule has 106 valence electrons. The predicted molar refractivity (Wildman–Crippen MR) is 73.0 cm³/mol. The number of carbonyl (C=O) groups is 1. The van der Waals surface area contributed by atoms with Gasteiger partial charge in [-0.1, -0.05) is 11.6 Å². The molecule has 1 aromatic carbocycles. The summed E-state index contributed by atoms with van der Waals surface area (Å²) in [6.07, 6.45) is 0. The number of carbonyl (C=O) groups excluding carboxylic acids is 1. The molecule has 0 aliphatic rings. The van der Waals surface area contributed by atoms with Crippen molar-refractivity contribution in [2.24, 2.45) is 0 Å². The molecule has 0 radical (unpaired) electrons. The third-order valence-electron chi connectivity index (χ3n) is 2.01. The molecular weight excluding hydrogens is 419 g/mol. The number of rotatable bonds is 4. The van der Waals surface area contributed by atoms with E-state index in [1.54, 1.807) is 5.32 Å². The lowest BCUT2D eigenvalue weighted by atomic mass is 10.2. The summed E-state index contributed by atoms with van der Waals surface area (Å²) in [6, 6.07) is 4.28. The van der Waals surface area contributed by atoms with Crippen LogP contribution in [0.1, 0.15) is 10.4 Å². The lowest BCUT2D eigenvalue weighted by Crippen LogP contribution is -2.42. The molecule has 0 saturated heterocycles. The molecule has 0 atom stereocenters.